The molecule has 0 N–H and O–H groups in total. The number of hydrogen-bond donors (Lipinski definition) is 0. The van der Waals surface area contributed by atoms with Crippen molar-refractivity contribution in [2.45, 2.75) is 0 Å². The SMILES string of the molecule is C(=Nc1ccccc1)c1cc2ccccc2[pH]1.[Br][Nb]([Br])[Br]. The molecule has 0 bridgehead atoms. The number of para-hydroxylation sites is 1. The fourth-order valence-corrected chi connectivity index (χ4v) is 2.97. The number of aliphatic imine (C=N–C) groups is 1. The Morgan fingerprint density at radius 3 is 2.19 bits per heavy atom. The van der Waals surface area contributed by atoms with Crippen LogP contribution in [0.15, 0.2) is 65.7 Å². The van der Waals surface area contributed by atoms with Crippen molar-refractivity contribution >= 4 is 69.7 Å². The van der Waals surface area contributed by atoms with Gasteiger partial charge in [0.05, 0.1) is 5.69 Å². The molecule has 1 aromatic heterocycles. The van der Waals surface area contributed by atoms with Gasteiger partial charge in [-0.05, 0) is 28.7 Å². The standard InChI is InChI=1S/C15H12NP.3BrH.Nb/c1-2-7-13(8-3-1)16-11-14-10-12-6-4-5-9-15(12)17-14;;;;/h1-11,17H;3*1H;/q;;;;+3/p-3. The Bertz CT molecular complexity index is 677. The van der Waals surface area contributed by atoms with E-state index in [0.29, 0.717) is 0 Å². The first-order valence-electron chi connectivity index (χ1n) is 6.09. The van der Waals surface area contributed by atoms with Crippen LogP contribution in [0, 0.1) is 0 Å². The van der Waals surface area contributed by atoms with E-state index in [0.717, 1.165) is 13.9 Å². The molecule has 0 aliphatic heterocycles. The molecule has 1 unspecified atom stereocenters. The summed E-state index contributed by atoms with van der Waals surface area (Å²) in [5.74, 6) is 0. The average molecular weight is 570 g/mol. The molecule has 1 heterocycles. The summed E-state index contributed by atoms with van der Waals surface area (Å²) in [6.45, 7) is 0. The van der Waals surface area contributed by atoms with Crippen LogP contribution < -0.4 is 0 Å². The number of rotatable bonds is 2. The zero-order valence-electron chi connectivity index (χ0n) is 10.9. The maximum absolute atomic E-state index is 4.48. The molecular weight excluding hydrogens is 558 g/mol. The first-order chi connectivity index (χ1) is 10.1. The van der Waals surface area contributed by atoms with E-state index in [1.165, 1.54) is 15.8 Å². The first-order valence-corrected chi connectivity index (χ1v) is 22.2. The van der Waals surface area contributed by atoms with E-state index in [1.54, 1.807) is 0 Å². The fourth-order valence-electron chi connectivity index (χ4n) is 1.82. The number of benzene rings is 2. The quantitative estimate of drug-likeness (QED) is 0.229. The molecule has 3 rings (SSSR count). The number of hydrogen-bond acceptors (Lipinski definition) is 1. The van der Waals surface area contributed by atoms with Gasteiger partial charge in [0.15, 0.2) is 0 Å². The van der Waals surface area contributed by atoms with Gasteiger partial charge in [0.2, 0.25) is 0 Å². The number of nitrogens with zero attached hydrogens (tertiary/aromatic N) is 1. The van der Waals surface area contributed by atoms with Crippen molar-refractivity contribution < 1.29 is 12.0 Å². The van der Waals surface area contributed by atoms with Gasteiger partial charge in [0.1, 0.15) is 0 Å². The van der Waals surface area contributed by atoms with Crippen LogP contribution in [0.3, 0.4) is 0 Å². The molecule has 0 fully saturated rings. The fraction of sp³-hybridized carbons (Fsp3) is 0. The summed E-state index contributed by atoms with van der Waals surface area (Å²) in [4.78, 5) is 4.48. The van der Waals surface area contributed by atoms with E-state index in [1.807, 2.05) is 36.5 Å². The summed E-state index contributed by atoms with van der Waals surface area (Å²) >= 11 is 8.85. The van der Waals surface area contributed by atoms with Gasteiger partial charge in [-0.1, -0.05) is 42.5 Å². The number of halogens is 3. The topological polar surface area (TPSA) is 12.4 Å². The zero-order chi connectivity index (χ0) is 15.1. The van der Waals surface area contributed by atoms with Crippen LogP contribution in [0.1, 0.15) is 5.30 Å². The maximum atomic E-state index is 4.48. The molecule has 0 radical (unpaired) electrons. The van der Waals surface area contributed by atoms with Crippen molar-refractivity contribution in [2.75, 3.05) is 0 Å². The summed E-state index contributed by atoms with van der Waals surface area (Å²) in [5.41, 5.74) is 1.01. The first kappa shape index (κ1) is 17.7. The average Bonchev–Trinajstić information content (AvgIpc) is 2.88. The van der Waals surface area contributed by atoms with Crippen LogP contribution in [-0.2, 0) is 12.0 Å². The van der Waals surface area contributed by atoms with Crippen molar-refractivity contribution in [1.82, 2.24) is 0 Å². The summed E-state index contributed by atoms with van der Waals surface area (Å²) < 4.78 is 0. The van der Waals surface area contributed by atoms with Crippen LogP contribution in [0.25, 0.3) is 10.5 Å². The van der Waals surface area contributed by atoms with Crippen LogP contribution in [0.5, 0.6) is 0 Å². The summed E-state index contributed by atoms with van der Waals surface area (Å²) in [5, 5.41) is 4.05. The van der Waals surface area contributed by atoms with Gasteiger partial charge in [-0.25, -0.2) is 0 Å². The molecule has 0 saturated heterocycles. The Morgan fingerprint density at radius 2 is 1.52 bits per heavy atom. The molecule has 0 aliphatic carbocycles. The van der Waals surface area contributed by atoms with Gasteiger partial charge in [-0.3, -0.25) is 4.99 Å². The summed E-state index contributed by atoms with van der Waals surface area (Å²) in [7, 11) is 0.734. The van der Waals surface area contributed by atoms with Gasteiger partial charge >= 0.3 is 51.1 Å². The molecule has 21 heavy (non-hydrogen) atoms. The van der Waals surface area contributed by atoms with Crippen LogP contribution in [0.4, 0.5) is 5.69 Å². The number of fused-ring (bicyclic) bond motifs is 1. The normalized spacial score (nSPS) is 11.2. The molecule has 0 aliphatic rings. The molecule has 1 atom stereocenters. The van der Waals surface area contributed by atoms with E-state index in [9.17, 15) is 0 Å². The predicted octanol–water partition coefficient (Wildman–Crippen LogP) is 7.16. The minimum absolute atomic E-state index is 0.734. The summed E-state index contributed by atoms with van der Waals surface area (Å²) in [6, 6.07) is 20.8. The second-order valence-corrected chi connectivity index (χ2v) is 35.9. The Kier molecular flexibility index (Phi) is 7.97. The second kappa shape index (κ2) is 9.46. The van der Waals surface area contributed by atoms with Crippen molar-refractivity contribution in [3.05, 3.63) is 66.0 Å². The van der Waals surface area contributed by atoms with Crippen molar-refractivity contribution in [2.24, 2.45) is 4.99 Å². The predicted molar refractivity (Wildman–Crippen MR) is 104 cm³/mol. The van der Waals surface area contributed by atoms with Crippen LogP contribution in [0.2, 0.25) is 0 Å². The molecule has 2 aromatic carbocycles. The molecule has 0 amide bonds. The molecule has 3 aromatic rings. The molecule has 108 valence electrons. The van der Waals surface area contributed by atoms with Crippen molar-refractivity contribution in [3.63, 3.8) is 0 Å². The van der Waals surface area contributed by atoms with Crippen molar-refractivity contribution in [3.8, 4) is 0 Å². The van der Waals surface area contributed by atoms with Crippen LogP contribution >= 0.6 is 47.3 Å². The van der Waals surface area contributed by atoms with E-state index >= 15 is 0 Å². The molecule has 1 nitrogen and oxygen atoms in total. The van der Waals surface area contributed by atoms with E-state index in [-0.39, 0.29) is 0 Å². The third-order valence-electron chi connectivity index (χ3n) is 2.66. The molecular formula is C15H12Br3NNbP. The molecule has 0 spiro atoms. The monoisotopic (exact) mass is 567 g/mol. The van der Waals surface area contributed by atoms with Crippen LogP contribution in [-0.4, -0.2) is 6.21 Å². The third kappa shape index (κ3) is 6.54. The van der Waals surface area contributed by atoms with Gasteiger partial charge in [0, 0.05) is 11.5 Å². The third-order valence-corrected chi connectivity index (χ3v) is 3.95. The summed E-state index contributed by atoms with van der Waals surface area (Å²) in [6.07, 6.45) is 1.98. The van der Waals surface area contributed by atoms with Gasteiger partial charge < -0.3 is 0 Å². The zero-order valence-corrected chi connectivity index (χ0v) is 18.8. The Morgan fingerprint density at radius 1 is 0.905 bits per heavy atom. The van der Waals surface area contributed by atoms with Gasteiger partial charge in [-0.15, -0.1) is 8.19 Å². The van der Waals surface area contributed by atoms with Crippen molar-refractivity contribution in [1.29, 1.82) is 0 Å². The molecule has 0 saturated carbocycles. The second-order valence-electron chi connectivity index (χ2n) is 4.10. The Hall–Kier alpha value is 0.330. The van der Waals surface area contributed by atoms with Gasteiger partial charge in [0.25, 0.3) is 0 Å². The van der Waals surface area contributed by atoms with E-state index in [2.05, 4.69) is 74.4 Å². The van der Waals surface area contributed by atoms with Gasteiger partial charge in [-0.2, -0.15) is 0 Å². The Balaban J connectivity index is 0.000000361. The Labute approximate surface area is 151 Å². The van der Waals surface area contributed by atoms with E-state index in [4.69, 9.17) is 0 Å². The minimum atomic E-state index is -1.01. The van der Waals surface area contributed by atoms with E-state index < -0.39 is 12.0 Å². The molecule has 6 heteroatoms.